The number of rotatable bonds is 3. The van der Waals surface area contributed by atoms with Crippen molar-refractivity contribution in [3.05, 3.63) is 59.2 Å². The minimum atomic E-state index is 0.859. The molecular formula is C15H13NOS. The summed E-state index contributed by atoms with van der Waals surface area (Å²) in [7, 11) is 1.68. The SMILES string of the molecule is COc1ccc(Cc2nccc3sccc23)cc1. The van der Waals surface area contributed by atoms with E-state index in [1.54, 1.807) is 18.4 Å². The van der Waals surface area contributed by atoms with Crippen LogP contribution in [0.2, 0.25) is 0 Å². The first-order valence-electron chi connectivity index (χ1n) is 5.81. The third kappa shape index (κ3) is 2.09. The molecule has 0 radical (unpaired) electrons. The maximum Gasteiger partial charge on any atom is 0.118 e. The summed E-state index contributed by atoms with van der Waals surface area (Å²) in [6, 6.07) is 12.4. The molecule has 0 bridgehead atoms. The van der Waals surface area contributed by atoms with Crippen molar-refractivity contribution in [3.8, 4) is 5.75 Å². The molecule has 3 heteroatoms. The van der Waals surface area contributed by atoms with Crippen molar-refractivity contribution in [2.45, 2.75) is 6.42 Å². The van der Waals surface area contributed by atoms with Gasteiger partial charge in [0.15, 0.2) is 0 Å². The van der Waals surface area contributed by atoms with E-state index >= 15 is 0 Å². The third-order valence-electron chi connectivity index (χ3n) is 2.99. The summed E-state index contributed by atoms with van der Waals surface area (Å²) in [6.07, 6.45) is 2.75. The van der Waals surface area contributed by atoms with E-state index in [0.717, 1.165) is 17.9 Å². The highest BCUT2D eigenvalue weighted by Crippen LogP contribution is 2.24. The zero-order chi connectivity index (χ0) is 12.4. The first-order valence-corrected chi connectivity index (χ1v) is 6.69. The molecule has 0 N–H and O–H groups in total. The molecule has 3 aromatic rings. The van der Waals surface area contributed by atoms with Gasteiger partial charge in [0.1, 0.15) is 5.75 Å². The molecule has 0 aliphatic heterocycles. The number of hydrogen-bond donors (Lipinski definition) is 0. The molecule has 3 rings (SSSR count). The summed E-state index contributed by atoms with van der Waals surface area (Å²) in [6.45, 7) is 0. The first-order chi connectivity index (χ1) is 8.86. The number of fused-ring (bicyclic) bond motifs is 1. The van der Waals surface area contributed by atoms with Crippen molar-refractivity contribution in [2.24, 2.45) is 0 Å². The number of aromatic nitrogens is 1. The van der Waals surface area contributed by atoms with Gasteiger partial charge in [0.05, 0.1) is 12.8 Å². The van der Waals surface area contributed by atoms with Gasteiger partial charge in [-0.15, -0.1) is 11.3 Å². The van der Waals surface area contributed by atoms with Gasteiger partial charge < -0.3 is 4.74 Å². The second kappa shape index (κ2) is 4.78. The molecule has 0 spiro atoms. The highest BCUT2D eigenvalue weighted by Gasteiger charge is 2.04. The van der Waals surface area contributed by atoms with Crippen LogP contribution in [-0.2, 0) is 6.42 Å². The zero-order valence-electron chi connectivity index (χ0n) is 10.1. The summed E-state index contributed by atoms with van der Waals surface area (Å²) in [4.78, 5) is 4.49. The Hall–Kier alpha value is -1.87. The number of methoxy groups -OCH3 is 1. The minimum Gasteiger partial charge on any atom is -0.497 e. The largest absolute Gasteiger partial charge is 0.497 e. The molecule has 0 unspecified atom stereocenters. The highest BCUT2D eigenvalue weighted by atomic mass is 32.1. The van der Waals surface area contributed by atoms with E-state index in [4.69, 9.17) is 4.74 Å². The average molecular weight is 255 g/mol. The van der Waals surface area contributed by atoms with Crippen molar-refractivity contribution in [1.29, 1.82) is 0 Å². The van der Waals surface area contributed by atoms with Crippen LogP contribution in [0.5, 0.6) is 5.75 Å². The Morgan fingerprint density at radius 3 is 2.72 bits per heavy atom. The second-order valence-corrected chi connectivity index (χ2v) is 5.06. The Morgan fingerprint density at radius 1 is 1.11 bits per heavy atom. The van der Waals surface area contributed by atoms with Crippen LogP contribution in [0.3, 0.4) is 0 Å². The smallest absolute Gasteiger partial charge is 0.118 e. The van der Waals surface area contributed by atoms with E-state index < -0.39 is 0 Å². The Kier molecular flexibility index (Phi) is 2.99. The van der Waals surface area contributed by atoms with Gasteiger partial charge >= 0.3 is 0 Å². The molecule has 0 aliphatic carbocycles. The Bertz CT molecular complexity index is 658. The normalized spacial score (nSPS) is 10.7. The van der Waals surface area contributed by atoms with Crippen molar-refractivity contribution < 1.29 is 4.74 Å². The van der Waals surface area contributed by atoms with E-state index in [9.17, 15) is 0 Å². The van der Waals surface area contributed by atoms with Gasteiger partial charge in [-0.2, -0.15) is 0 Å². The number of thiophene rings is 1. The lowest BCUT2D eigenvalue weighted by molar-refractivity contribution is 0.414. The Labute approximate surface area is 110 Å². The summed E-state index contributed by atoms with van der Waals surface area (Å²) < 4.78 is 6.46. The van der Waals surface area contributed by atoms with Crippen LogP contribution >= 0.6 is 11.3 Å². The molecule has 2 heterocycles. The summed E-state index contributed by atoms with van der Waals surface area (Å²) in [5, 5.41) is 3.38. The molecule has 2 aromatic heterocycles. The molecule has 0 aliphatic rings. The second-order valence-electron chi connectivity index (χ2n) is 4.11. The number of nitrogens with zero attached hydrogens (tertiary/aromatic N) is 1. The molecule has 18 heavy (non-hydrogen) atoms. The summed E-state index contributed by atoms with van der Waals surface area (Å²) in [5.74, 6) is 0.889. The number of hydrogen-bond acceptors (Lipinski definition) is 3. The van der Waals surface area contributed by atoms with Crippen molar-refractivity contribution in [3.63, 3.8) is 0 Å². The maximum absolute atomic E-state index is 5.16. The average Bonchev–Trinajstić information content (AvgIpc) is 2.89. The molecule has 0 saturated heterocycles. The molecule has 0 atom stereocenters. The van der Waals surface area contributed by atoms with Crippen LogP contribution in [0.15, 0.2) is 48.0 Å². The van der Waals surface area contributed by atoms with Gasteiger partial charge in [-0.1, -0.05) is 12.1 Å². The van der Waals surface area contributed by atoms with Crippen LogP contribution in [0, 0.1) is 0 Å². The first kappa shape index (κ1) is 11.2. The van der Waals surface area contributed by atoms with Gasteiger partial charge in [0.25, 0.3) is 0 Å². The minimum absolute atomic E-state index is 0.859. The predicted octanol–water partition coefficient (Wildman–Crippen LogP) is 3.90. The van der Waals surface area contributed by atoms with E-state index in [1.807, 2.05) is 18.3 Å². The van der Waals surface area contributed by atoms with Crippen LogP contribution in [0.1, 0.15) is 11.3 Å². The van der Waals surface area contributed by atoms with E-state index in [1.165, 1.54) is 15.6 Å². The summed E-state index contributed by atoms with van der Waals surface area (Å²) >= 11 is 1.76. The maximum atomic E-state index is 5.16. The van der Waals surface area contributed by atoms with E-state index in [2.05, 4.69) is 34.6 Å². The summed E-state index contributed by atoms with van der Waals surface area (Å²) in [5.41, 5.74) is 2.39. The molecular weight excluding hydrogens is 242 g/mol. The quantitative estimate of drug-likeness (QED) is 0.708. The monoisotopic (exact) mass is 255 g/mol. The Morgan fingerprint density at radius 2 is 1.94 bits per heavy atom. The third-order valence-corrected chi connectivity index (χ3v) is 3.88. The van der Waals surface area contributed by atoms with Crippen molar-refractivity contribution >= 4 is 21.4 Å². The van der Waals surface area contributed by atoms with E-state index in [-0.39, 0.29) is 0 Å². The fourth-order valence-electron chi connectivity index (χ4n) is 2.03. The van der Waals surface area contributed by atoms with Gasteiger partial charge in [-0.25, -0.2) is 0 Å². The number of benzene rings is 1. The molecule has 0 amide bonds. The topological polar surface area (TPSA) is 22.1 Å². The molecule has 1 aromatic carbocycles. The number of ether oxygens (including phenoxy) is 1. The number of pyridine rings is 1. The van der Waals surface area contributed by atoms with Gasteiger partial charge in [-0.3, -0.25) is 4.98 Å². The van der Waals surface area contributed by atoms with Crippen LogP contribution < -0.4 is 4.74 Å². The predicted molar refractivity (Wildman–Crippen MR) is 75.4 cm³/mol. The lowest BCUT2D eigenvalue weighted by Crippen LogP contribution is -1.92. The van der Waals surface area contributed by atoms with E-state index in [0.29, 0.717) is 0 Å². The van der Waals surface area contributed by atoms with Gasteiger partial charge in [0.2, 0.25) is 0 Å². The standard InChI is InChI=1S/C15H13NOS/c1-17-12-4-2-11(3-5-12)10-14-13-7-9-18-15(13)6-8-16-14/h2-9H,10H2,1H3. The van der Waals surface area contributed by atoms with Crippen LogP contribution in [-0.4, -0.2) is 12.1 Å². The lowest BCUT2D eigenvalue weighted by Gasteiger charge is -2.04. The fourth-order valence-corrected chi connectivity index (χ4v) is 2.83. The highest BCUT2D eigenvalue weighted by molar-refractivity contribution is 7.17. The molecule has 2 nitrogen and oxygen atoms in total. The van der Waals surface area contributed by atoms with Crippen LogP contribution in [0.25, 0.3) is 10.1 Å². The fraction of sp³-hybridized carbons (Fsp3) is 0.133. The van der Waals surface area contributed by atoms with Gasteiger partial charge in [0, 0.05) is 22.7 Å². The van der Waals surface area contributed by atoms with Crippen molar-refractivity contribution in [2.75, 3.05) is 7.11 Å². The van der Waals surface area contributed by atoms with Gasteiger partial charge in [-0.05, 0) is 35.2 Å². The Balaban J connectivity index is 1.93. The molecule has 0 fully saturated rings. The van der Waals surface area contributed by atoms with Crippen LogP contribution in [0.4, 0.5) is 0 Å². The molecule has 0 saturated carbocycles. The molecule has 90 valence electrons. The lowest BCUT2D eigenvalue weighted by atomic mass is 10.1. The van der Waals surface area contributed by atoms with Crippen molar-refractivity contribution in [1.82, 2.24) is 4.98 Å². The zero-order valence-corrected chi connectivity index (χ0v) is 10.9.